The summed E-state index contributed by atoms with van der Waals surface area (Å²) >= 11 is 0. The van der Waals surface area contributed by atoms with E-state index < -0.39 is 0 Å². The van der Waals surface area contributed by atoms with Crippen molar-refractivity contribution in [1.29, 1.82) is 0 Å². The molecule has 3 N–H and O–H groups in total. The van der Waals surface area contributed by atoms with Crippen LogP contribution in [0.4, 0.5) is 17.1 Å². The highest BCUT2D eigenvalue weighted by atomic mass is 16.6. The van der Waals surface area contributed by atoms with Crippen molar-refractivity contribution in [2.24, 2.45) is 0 Å². The second kappa shape index (κ2) is 4.61. The number of aromatic nitrogens is 2. The summed E-state index contributed by atoms with van der Waals surface area (Å²) in [4.78, 5) is 0. The van der Waals surface area contributed by atoms with E-state index in [2.05, 4.69) is 28.6 Å². The molecule has 3 rings (SSSR count). The van der Waals surface area contributed by atoms with Crippen LogP contribution in [0.1, 0.15) is 12.5 Å². The Kier molecular flexibility index (Phi) is 2.79. The zero-order chi connectivity index (χ0) is 13.2. The van der Waals surface area contributed by atoms with Crippen LogP contribution in [0.25, 0.3) is 11.0 Å². The van der Waals surface area contributed by atoms with Crippen LogP contribution in [0.2, 0.25) is 0 Å². The fourth-order valence-corrected chi connectivity index (χ4v) is 2.08. The molecule has 0 bridgehead atoms. The van der Waals surface area contributed by atoms with Gasteiger partial charge in [0.1, 0.15) is 0 Å². The van der Waals surface area contributed by atoms with E-state index in [1.807, 2.05) is 24.3 Å². The van der Waals surface area contributed by atoms with Crippen LogP contribution in [-0.2, 0) is 6.42 Å². The molecular weight excluding hydrogens is 240 g/mol. The third kappa shape index (κ3) is 1.99. The largest absolute Gasteiger partial charge is 0.397 e. The lowest BCUT2D eigenvalue weighted by Gasteiger charge is -2.11. The van der Waals surface area contributed by atoms with Gasteiger partial charge in [-0.05, 0) is 40.5 Å². The number of rotatable bonds is 3. The molecule has 0 aliphatic heterocycles. The van der Waals surface area contributed by atoms with Crippen LogP contribution in [-0.4, -0.2) is 10.3 Å². The number of anilines is 3. The van der Waals surface area contributed by atoms with E-state index in [0.717, 1.165) is 17.8 Å². The van der Waals surface area contributed by atoms with Crippen LogP contribution in [0.5, 0.6) is 0 Å². The van der Waals surface area contributed by atoms with Gasteiger partial charge in [-0.3, -0.25) is 0 Å². The SMILES string of the molecule is CCc1ccccc1Nc1ccc(N)c2nonc12. The molecule has 0 saturated carbocycles. The van der Waals surface area contributed by atoms with Gasteiger partial charge in [0.2, 0.25) is 0 Å². The highest BCUT2D eigenvalue weighted by molar-refractivity contribution is 5.96. The van der Waals surface area contributed by atoms with Crippen LogP contribution >= 0.6 is 0 Å². The molecule has 1 heterocycles. The molecule has 0 saturated heterocycles. The van der Waals surface area contributed by atoms with Crippen molar-refractivity contribution in [2.45, 2.75) is 13.3 Å². The van der Waals surface area contributed by atoms with Gasteiger partial charge in [0.25, 0.3) is 0 Å². The molecule has 19 heavy (non-hydrogen) atoms. The second-order valence-electron chi connectivity index (χ2n) is 4.30. The average Bonchev–Trinajstić information content (AvgIpc) is 2.93. The van der Waals surface area contributed by atoms with E-state index in [0.29, 0.717) is 16.7 Å². The minimum Gasteiger partial charge on any atom is -0.397 e. The van der Waals surface area contributed by atoms with Gasteiger partial charge in [-0.1, -0.05) is 25.1 Å². The molecule has 1 aromatic heterocycles. The van der Waals surface area contributed by atoms with Crippen molar-refractivity contribution in [2.75, 3.05) is 11.1 Å². The number of para-hydroxylation sites is 1. The normalized spacial score (nSPS) is 10.8. The molecule has 0 aliphatic carbocycles. The third-order valence-electron chi connectivity index (χ3n) is 3.11. The first-order valence-electron chi connectivity index (χ1n) is 6.15. The van der Waals surface area contributed by atoms with Crippen molar-refractivity contribution >= 4 is 28.1 Å². The molecule has 0 spiro atoms. The molecule has 5 nitrogen and oxygen atoms in total. The van der Waals surface area contributed by atoms with E-state index in [9.17, 15) is 0 Å². The summed E-state index contributed by atoms with van der Waals surface area (Å²) in [6.45, 7) is 2.12. The Hall–Kier alpha value is -2.56. The third-order valence-corrected chi connectivity index (χ3v) is 3.11. The number of nitrogens with zero attached hydrogens (tertiary/aromatic N) is 2. The lowest BCUT2D eigenvalue weighted by atomic mass is 10.1. The number of hydrogen-bond donors (Lipinski definition) is 2. The van der Waals surface area contributed by atoms with Crippen LogP contribution in [0, 0.1) is 0 Å². The lowest BCUT2D eigenvalue weighted by molar-refractivity contribution is 0.316. The molecule has 0 radical (unpaired) electrons. The molecule has 96 valence electrons. The van der Waals surface area contributed by atoms with Gasteiger partial charge in [-0.15, -0.1) is 0 Å². The monoisotopic (exact) mass is 254 g/mol. The van der Waals surface area contributed by atoms with E-state index in [-0.39, 0.29) is 0 Å². The summed E-state index contributed by atoms with van der Waals surface area (Å²) in [7, 11) is 0. The van der Waals surface area contributed by atoms with Gasteiger partial charge in [0, 0.05) is 5.69 Å². The zero-order valence-corrected chi connectivity index (χ0v) is 10.6. The highest BCUT2D eigenvalue weighted by Crippen LogP contribution is 2.29. The fraction of sp³-hybridized carbons (Fsp3) is 0.143. The van der Waals surface area contributed by atoms with Gasteiger partial charge >= 0.3 is 0 Å². The maximum absolute atomic E-state index is 5.83. The molecule has 5 heteroatoms. The van der Waals surface area contributed by atoms with Crippen LogP contribution < -0.4 is 11.1 Å². The Bertz CT molecular complexity index is 720. The predicted octanol–water partition coefficient (Wildman–Crippen LogP) is 3.11. The number of fused-ring (bicyclic) bond motifs is 1. The van der Waals surface area contributed by atoms with Crippen LogP contribution in [0.3, 0.4) is 0 Å². The Morgan fingerprint density at radius 1 is 1.05 bits per heavy atom. The number of benzene rings is 2. The Labute approximate surface area is 110 Å². The number of hydrogen-bond acceptors (Lipinski definition) is 5. The first-order chi connectivity index (χ1) is 9.29. The van der Waals surface area contributed by atoms with Crippen molar-refractivity contribution in [3.05, 3.63) is 42.0 Å². The Morgan fingerprint density at radius 2 is 1.84 bits per heavy atom. The topological polar surface area (TPSA) is 77.0 Å². The van der Waals surface area contributed by atoms with E-state index in [1.165, 1.54) is 5.56 Å². The molecule has 0 fully saturated rings. The average molecular weight is 254 g/mol. The lowest BCUT2D eigenvalue weighted by Crippen LogP contribution is -1.97. The molecule has 0 amide bonds. The maximum Gasteiger partial charge on any atom is 0.160 e. The molecule has 0 aliphatic rings. The van der Waals surface area contributed by atoms with E-state index in [1.54, 1.807) is 6.07 Å². The summed E-state index contributed by atoms with van der Waals surface area (Å²) in [5, 5.41) is 11.1. The molecule has 3 aromatic rings. The van der Waals surface area contributed by atoms with E-state index in [4.69, 9.17) is 10.4 Å². The summed E-state index contributed by atoms with van der Waals surface area (Å²) in [5.74, 6) is 0. The van der Waals surface area contributed by atoms with Crippen molar-refractivity contribution in [3.8, 4) is 0 Å². The standard InChI is InChI=1S/C14H14N4O/c1-2-9-5-3-4-6-11(9)16-12-8-7-10(15)13-14(12)18-19-17-13/h3-8,16H,2,15H2,1H3. The zero-order valence-electron chi connectivity index (χ0n) is 10.6. The number of nitrogens with one attached hydrogen (secondary N) is 1. The van der Waals surface area contributed by atoms with Gasteiger partial charge < -0.3 is 11.1 Å². The summed E-state index contributed by atoms with van der Waals surface area (Å²) in [5.41, 5.74) is 10.7. The van der Waals surface area contributed by atoms with Gasteiger partial charge in [0.15, 0.2) is 11.0 Å². The first-order valence-corrected chi connectivity index (χ1v) is 6.15. The number of nitrogens with two attached hydrogens (primary N) is 1. The molecular formula is C14H14N4O. The highest BCUT2D eigenvalue weighted by Gasteiger charge is 2.10. The predicted molar refractivity (Wildman–Crippen MR) is 75.3 cm³/mol. The number of aryl methyl sites for hydroxylation is 1. The van der Waals surface area contributed by atoms with Crippen molar-refractivity contribution < 1.29 is 4.63 Å². The second-order valence-corrected chi connectivity index (χ2v) is 4.30. The Morgan fingerprint density at radius 3 is 2.68 bits per heavy atom. The Balaban J connectivity index is 2.06. The molecule has 0 unspecified atom stereocenters. The summed E-state index contributed by atoms with van der Waals surface area (Å²) < 4.78 is 4.76. The van der Waals surface area contributed by atoms with Gasteiger partial charge in [-0.2, -0.15) is 0 Å². The number of nitrogen functional groups attached to an aromatic ring is 1. The maximum atomic E-state index is 5.83. The van der Waals surface area contributed by atoms with Crippen molar-refractivity contribution in [3.63, 3.8) is 0 Å². The summed E-state index contributed by atoms with van der Waals surface area (Å²) in [6.07, 6.45) is 0.957. The quantitative estimate of drug-likeness (QED) is 0.702. The van der Waals surface area contributed by atoms with Crippen LogP contribution in [0.15, 0.2) is 41.0 Å². The van der Waals surface area contributed by atoms with Gasteiger partial charge in [-0.25, -0.2) is 4.63 Å². The van der Waals surface area contributed by atoms with E-state index >= 15 is 0 Å². The fourth-order valence-electron chi connectivity index (χ4n) is 2.08. The smallest absolute Gasteiger partial charge is 0.160 e. The first kappa shape index (κ1) is 11.5. The minimum atomic E-state index is 0.561. The van der Waals surface area contributed by atoms with Gasteiger partial charge in [0.05, 0.1) is 11.4 Å². The summed E-state index contributed by atoms with van der Waals surface area (Å²) in [6, 6.07) is 11.8. The van der Waals surface area contributed by atoms with Crippen molar-refractivity contribution in [1.82, 2.24) is 10.3 Å². The minimum absolute atomic E-state index is 0.561. The molecule has 2 aromatic carbocycles. The molecule has 0 atom stereocenters.